The molecular formula is C24H32ClN3O3. The number of anilines is 1. The Balaban J connectivity index is 1.73. The van der Waals surface area contributed by atoms with E-state index in [0.29, 0.717) is 41.8 Å². The Morgan fingerprint density at radius 2 is 1.84 bits per heavy atom. The summed E-state index contributed by atoms with van der Waals surface area (Å²) in [5.74, 6) is 0.784. The van der Waals surface area contributed by atoms with E-state index in [1.165, 1.54) is 5.69 Å². The van der Waals surface area contributed by atoms with Gasteiger partial charge in [0.15, 0.2) is 11.5 Å². The lowest BCUT2D eigenvalue weighted by Gasteiger charge is -2.35. The second-order valence-corrected chi connectivity index (χ2v) is 8.08. The third-order valence-electron chi connectivity index (χ3n) is 5.30. The highest BCUT2D eigenvalue weighted by molar-refractivity contribution is 6.32. The summed E-state index contributed by atoms with van der Waals surface area (Å²) in [6.07, 6.45) is 0.858. The van der Waals surface area contributed by atoms with Crippen LogP contribution in [0.4, 0.5) is 5.69 Å². The van der Waals surface area contributed by atoms with Crippen LogP contribution in [0.2, 0.25) is 5.02 Å². The fourth-order valence-electron chi connectivity index (χ4n) is 3.60. The average molecular weight is 446 g/mol. The summed E-state index contributed by atoms with van der Waals surface area (Å²) in [6.45, 7) is 9.38. The maximum Gasteiger partial charge on any atom is 0.251 e. The van der Waals surface area contributed by atoms with E-state index in [1.807, 2.05) is 26.0 Å². The first-order valence-electron chi connectivity index (χ1n) is 10.9. The van der Waals surface area contributed by atoms with Gasteiger partial charge in [0, 0.05) is 44.0 Å². The van der Waals surface area contributed by atoms with Gasteiger partial charge in [0.25, 0.3) is 5.91 Å². The third kappa shape index (κ3) is 6.05. The average Bonchev–Trinajstić information content (AvgIpc) is 2.78. The molecule has 0 aliphatic carbocycles. The summed E-state index contributed by atoms with van der Waals surface area (Å²) in [5.41, 5.74) is 2.72. The second kappa shape index (κ2) is 11.3. The van der Waals surface area contributed by atoms with Crippen LogP contribution in [0.15, 0.2) is 36.4 Å². The number of rotatable bonds is 9. The summed E-state index contributed by atoms with van der Waals surface area (Å²) in [4.78, 5) is 17.6. The van der Waals surface area contributed by atoms with Crippen LogP contribution in [0.1, 0.15) is 36.2 Å². The zero-order chi connectivity index (χ0) is 22.2. The van der Waals surface area contributed by atoms with Crippen LogP contribution in [0, 0.1) is 0 Å². The van der Waals surface area contributed by atoms with Crippen molar-refractivity contribution < 1.29 is 14.3 Å². The van der Waals surface area contributed by atoms with Crippen LogP contribution in [0.5, 0.6) is 11.5 Å². The molecule has 3 rings (SSSR count). The molecule has 0 bridgehead atoms. The van der Waals surface area contributed by atoms with E-state index in [9.17, 15) is 4.79 Å². The van der Waals surface area contributed by atoms with E-state index in [2.05, 4.69) is 34.3 Å². The lowest BCUT2D eigenvalue weighted by Crippen LogP contribution is -2.45. The number of hydrogen-bond acceptors (Lipinski definition) is 5. The van der Waals surface area contributed by atoms with E-state index in [0.717, 1.165) is 38.2 Å². The van der Waals surface area contributed by atoms with Crippen LogP contribution < -0.4 is 19.7 Å². The molecule has 6 nitrogen and oxygen atoms in total. The van der Waals surface area contributed by atoms with Crippen molar-refractivity contribution in [2.75, 3.05) is 51.3 Å². The van der Waals surface area contributed by atoms with Crippen molar-refractivity contribution in [3.63, 3.8) is 0 Å². The zero-order valence-electron chi connectivity index (χ0n) is 18.6. The molecule has 0 radical (unpaired) electrons. The van der Waals surface area contributed by atoms with Crippen LogP contribution >= 0.6 is 11.6 Å². The summed E-state index contributed by atoms with van der Waals surface area (Å²) >= 11 is 6.41. The van der Waals surface area contributed by atoms with Gasteiger partial charge in [-0.1, -0.05) is 36.7 Å². The maximum atomic E-state index is 12.9. The largest absolute Gasteiger partial charge is 0.490 e. The van der Waals surface area contributed by atoms with E-state index in [4.69, 9.17) is 21.1 Å². The molecular weight excluding hydrogens is 414 g/mol. The van der Waals surface area contributed by atoms with Gasteiger partial charge in [-0.2, -0.15) is 0 Å². The monoisotopic (exact) mass is 445 g/mol. The molecule has 1 heterocycles. The molecule has 168 valence electrons. The molecule has 0 spiro atoms. The van der Waals surface area contributed by atoms with Gasteiger partial charge >= 0.3 is 0 Å². The number of benzene rings is 2. The van der Waals surface area contributed by atoms with Gasteiger partial charge in [0.05, 0.1) is 18.2 Å². The molecule has 31 heavy (non-hydrogen) atoms. The maximum absolute atomic E-state index is 12.9. The van der Waals surface area contributed by atoms with E-state index in [-0.39, 0.29) is 5.91 Å². The van der Waals surface area contributed by atoms with Crippen molar-refractivity contribution in [3.8, 4) is 11.5 Å². The predicted molar refractivity (Wildman–Crippen MR) is 126 cm³/mol. The topological polar surface area (TPSA) is 54.0 Å². The molecule has 1 fully saturated rings. The SMILES string of the molecule is CCCOc1c(Cl)cc(C(=O)NCc2ccccc2N2CCN(C)CC2)cc1OCC. The minimum Gasteiger partial charge on any atom is -0.490 e. The van der Waals surface area contributed by atoms with Gasteiger partial charge in [-0.15, -0.1) is 0 Å². The Morgan fingerprint density at radius 3 is 2.55 bits per heavy atom. The van der Waals surface area contributed by atoms with Gasteiger partial charge in [-0.05, 0) is 44.2 Å². The Kier molecular flexibility index (Phi) is 8.43. The van der Waals surface area contributed by atoms with Crippen molar-refractivity contribution in [2.45, 2.75) is 26.8 Å². The summed E-state index contributed by atoms with van der Waals surface area (Å²) < 4.78 is 11.4. The lowest BCUT2D eigenvalue weighted by molar-refractivity contribution is 0.0950. The molecule has 0 unspecified atom stereocenters. The number of amides is 1. The lowest BCUT2D eigenvalue weighted by atomic mass is 10.1. The molecule has 1 N–H and O–H groups in total. The predicted octanol–water partition coefficient (Wildman–Crippen LogP) is 4.21. The van der Waals surface area contributed by atoms with Crippen LogP contribution in [-0.2, 0) is 6.54 Å². The molecule has 0 atom stereocenters. The second-order valence-electron chi connectivity index (χ2n) is 7.67. The quantitative estimate of drug-likeness (QED) is 0.626. The van der Waals surface area contributed by atoms with Crippen LogP contribution in [0.25, 0.3) is 0 Å². The van der Waals surface area contributed by atoms with Gasteiger partial charge < -0.3 is 24.6 Å². The number of carbonyl (C=O) groups excluding carboxylic acids is 1. The Bertz CT molecular complexity index is 882. The zero-order valence-corrected chi connectivity index (χ0v) is 19.4. The fourth-order valence-corrected chi connectivity index (χ4v) is 3.87. The number of nitrogens with zero attached hydrogens (tertiary/aromatic N) is 2. The number of carbonyl (C=O) groups is 1. The molecule has 1 amide bonds. The Hall–Kier alpha value is -2.44. The summed E-state index contributed by atoms with van der Waals surface area (Å²) in [6, 6.07) is 11.6. The molecule has 0 aromatic heterocycles. The third-order valence-corrected chi connectivity index (χ3v) is 5.58. The molecule has 1 saturated heterocycles. The molecule has 1 aliphatic rings. The minimum absolute atomic E-state index is 0.196. The highest BCUT2D eigenvalue weighted by Gasteiger charge is 2.19. The first-order chi connectivity index (χ1) is 15.0. The van der Waals surface area contributed by atoms with Gasteiger partial charge in [-0.25, -0.2) is 0 Å². The van der Waals surface area contributed by atoms with Crippen molar-refractivity contribution in [1.82, 2.24) is 10.2 Å². The van der Waals surface area contributed by atoms with Crippen LogP contribution in [-0.4, -0.2) is 57.2 Å². The van der Waals surface area contributed by atoms with Crippen molar-refractivity contribution in [3.05, 3.63) is 52.5 Å². The number of nitrogens with one attached hydrogen (secondary N) is 1. The van der Waals surface area contributed by atoms with E-state index < -0.39 is 0 Å². The van der Waals surface area contributed by atoms with Crippen molar-refractivity contribution >= 4 is 23.2 Å². The highest BCUT2D eigenvalue weighted by Crippen LogP contribution is 2.37. The Morgan fingerprint density at radius 1 is 1.10 bits per heavy atom. The minimum atomic E-state index is -0.196. The number of hydrogen-bond donors (Lipinski definition) is 1. The van der Waals surface area contributed by atoms with E-state index in [1.54, 1.807) is 12.1 Å². The number of para-hydroxylation sites is 1. The highest BCUT2D eigenvalue weighted by atomic mass is 35.5. The van der Waals surface area contributed by atoms with Gasteiger partial charge in [0.1, 0.15) is 0 Å². The van der Waals surface area contributed by atoms with E-state index >= 15 is 0 Å². The number of halogens is 1. The number of likely N-dealkylation sites (N-methyl/N-ethyl adjacent to an activating group) is 1. The summed E-state index contributed by atoms with van der Waals surface area (Å²) in [7, 11) is 2.14. The fraction of sp³-hybridized carbons (Fsp3) is 0.458. The number of ether oxygens (including phenoxy) is 2. The Labute approximate surface area is 190 Å². The smallest absolute Gasteiger partial charge is 0.251 e. The van der Waals surface area contributed by atoms with Crippen molar-refractivity contribution in [1.29, 1.82) is 0 Å². The molecule has 0 saturated carbocycles. The first-order valence-corrected chi connectivity index (χ1v) is 11.3. The standard InChI is InChI=1S/C24H32ClN3O3/c1-4-14-31-23-20(25)15-19(16-22(23)30-5-2)24(29)26-17-18-8-6-7-9-21(18)28-12-10-27(3)11-13-28/h6-9,15-16H,4-5,10-14,17H2,1-3H3,(H,26,29). The molecule has 7 heteroatoms. The molecule has 2 aromatic rings. The normalized spacial score (nSPS) is 14.4. The van der Waals surface area contributed by atoms with Crippen LogP contribution in [0.3, 0.4) is 0 Å². The molecule has 1 aliphatic heterocycles. The molecule has 2 aromatic carbocycles. The summed E-state index contributed by atoms with van der Waals surface area (Å²) in [5, 5.41) is 3.41. The van der Waals surface area contributed by atoms with Gasteiger partial charge in [-0.3, -0.25) is 4.79 Å². The number of piperazine rings is 1. The van der Waals surface area contributed by atoms with Crippen molar-refractivity contribution in [2.24, 2.45) is 0 Å². The van der Waals surface area contributed by atoms with Gasteiger partial charge in [0.2, 0.25) is 0 Å². The first kappa shape index (κ1) is 23.2.